The van der Waals surface area contributed by atoms with Gasteiger partial charge in [-0.05, 0) is 59.7 Å². The Kier molecular flexibility index (Phi) is 5.33. The minimum absolute atomic E-state index is 0.164. The highest BCUT2D eigenvalue weighted by atomic mass is 79.9. The molecule has 0 atom stereocenters. The summed E-state index contributed by atoms with van der Waals surface area (Å²) >= 11 is 3.07. The molecule has 1 aromatic rings. The topological polar surface area (TPSA) is 66.4 Å². The monoisotopic (exact) mass is 357 g/mol. The van der Waals surface area contributed by atoms with E-state index >= 15 is 0 Å². The first-order valence-corrected chi connectivity index (χ1v) is 7.73. The van der Waals surface area contributed by atoms with Gasteiger partial charge in [0.15, 0.2) is 0 Å². The number of carbonyl (C=O) groups excluding carboxylic acids is 1. The zero-order valence-corrected chi connectivity index (χ0v) is 13.0. The molecule has 0 saturated heterocycles. The van der Waals surface area contributed by atoms with E-state index in [-0.39, 0.29) is 27.8 Å². The van der Waals surface area contributed by atoms with Crippen molar-refractivity contribution in [2.24, 2.45) is 11.8 Å². The van der Waals surface area contributed by atoms with Gasteiger partial charge in [0.2, 0.25) is 0 Å². The minimum Gasteiger partial charge on any atom is -0.481 e. The summed E-state index contributed by atoms with van der Waals surface area (Å²) in [6.07, 6.45) is 2.89. The van der Waals surface area contributed by atoms with Gasteiger partial charge < -0.3 is 10.4 Å². The Morgan fingerprint density at radius 2 is 1.95 bits per heavy atom. The Morgan fingerprint density at radius 1 is 1.29 bits per heavy atom. The number of hydrogen-bond acceptors (Lipinski definition) is 2. The molecule has 0 radical (unpaired) electrons. The molecule has 1 aliphatic carbocycles. The molecule has 1 fully saturated rings. The van der Waals surface area contributed by atoms with Gasteiger partial charge in [0, 0.05) is 6.54 Å². The van der Waals surface area contributed by atoms with E-state index in [2.05, 4.69) is 21.2 Å². The van der Waals surface area contributed by atoms with Crippen LogP contribution in [0, 0.1) is 17.7 Å². The van der Waals surface area contributed by atoms with Crippen LogP contribution in [0.25, 0.3) is 0 Å². The molecule has 2 N–H and O–H groups in total. The Hall–Kier alpha value is -1.43. The van der Waals surface area contributed by atoms with E-state index in [1.54, 1.807) is 6.07 Å². The molecule has 21 heavy (non-hydrogen) atoms. The van der Waals surface area contributed by atoms with Crippen LogP contribution in [0.15, 0.2) is 22.7 Å². The summed E-state index contributed by atoms with van der Waals surface area (Å²) in [5, 5.41) is 11.7. The lowest BCUT2D eigenvalue weighted by Gasteiger charge is -2.26. The first-order chi connectivity index (χ1) is 9.99. The van der Waals surface area contributed by atoms with Crippen LogP contribution in [-0.2, 0) is 4.79 Å². The molecular formula is C15H17BrFNO3. The molecule has 0 bridgehead atoms. The van der Waals surface area contributed by atoms with E-state index < -0.39 is 11.8 Å². The summed E-state index contributed by atoms with van der Waals surface area (Å²) in [4.78, 5) is 22.9. The zero-order valence-electron chi connectivity index (χ0n) is 11.4. The van der Waals surface area contributed by atoms with E-state index in [4.69, 9.17) is 5.11 Å². The quantitative estimate of drug-likeness (QED) is 0.869. The van der Waals surface area contributed by atoms with Gasteiger partial charge in [-0.25, -0.2) is 4.39 Å². The molecule has 2 rings (SSSR count). The molecule has 0 aliphatic heterocycles. The van der Waals surface area contributed by atoms with Crippen LogP contribution in [0.5, 0.6) is 0 Å². The molecule has 0 heterocycles. The highest BCUT2D eigenvalue weighted by Gasteiger charge is 2.26. The third-order valence-corrected chi connectivity index (χ3v) is 4.75. The summed E-state index contributed by atoms with van der Waals surface area (Å²) in [6, 6.07) is 4.34. The third-order valence-electron chi connectivity index (χ3n) is 3.94. The van der Waals surface area contributed by atoms with Crippen molar-refractivity contribution < 1.29 is 19.1 Å². The second-order valence-corrected chi connectivity index (χ2v) is 6.16. The number of halogens is 2. The molecule has 114 valence electrons. The van der Waals surface area contributed by atoms with Crippen LogP contribution in [0.2, 0.25) is 0 Å². The van der Waals surface area contributed by atoms with Crippen LogP contribution >= 0.6 is 15.9 Å². The van der Waals surface area contributed by atoms with E-state index in [0.29, 0.717) is 19.4 Å². The number of rotatable bonds is 4. The average molecular weight is 358 g/mol. The second-order valence-electron chi connectivity index (χ2n) is 5.37. The summed E-state index contributed by atoms with van der Waals surface area (Å²) in [5.74, 6) is -1.49. The SMILES string of the molecule is O=C(NCC1CCC(C(=O)O)CC1)c1cccc(F)c1Br. The largest absolute Gasteiger partial charge is 0.481 e. The van der Waals surface area contributed by atoms with E-state index in [0.717, 1.165) is 12.8 Å². The maximum Gasteiger partial charge on any atom is 0.306 e. The van der Waals surface area contributed by atoms with Gasteiger partial charge in [0.25, 0.3) is 5.91 Å². The van der Waals surface area contributed by atoms with Crippen molar-refractivity contribution >= 4 is 27.8 Å². The highest BCUT2D eigenvalue weighted by molar-refractivity contribution is 9.10. The minimum atomic E-state index is -0.735. The van der Waals surface area contributed by atoms with Crippen LogP contribution < -0.4 is 5.32 Å². The van der Waals surface area contributed by atoms with Crippen LogP contribution in [0.3, 0.4) is 0 Å². The highest BCUT2D eigenvalue weighted by Crippen LogP contribution is 2.28. The normalized spacial score (nSPS) is 21.8. The van der Waals surface area contributed by atoms with E-state index in [9.17, 15) is 14.0 Å². The summed E-state index contributed by atoms with van der Waals surface area (Å²) < 4.78 is 13.5. The third kappa shape index (κ3) is 4.03. The Morgan fingerprint density at radius 3 is 2.57 bits per heavy atom. The predicted molar refractivity (Wildman–Crippen MR) is 79.5 cm³/mol. The fourth-order valence-electron chi connectivity index (χ4n) is 2.62. The molecule has 4 nitrogen and oxygen atoms in total. The maximum atomic E-state index is 13.4. The van der Waals surface area contributed by atoms with Gasteiger partial charge in [0.05, 0.1) is 16.0 Å². The fourth-order valence-corrected chi connectivity index (χ4v) is 3.07. The molecular weight excluding hydrogens is 341 g/mol. The number of carboxylic acids is 1. The van der Waals surface area contributed by atoms with Crippen molar-refractivity contribution in [3.63, 3.8) is 0 Å². The van der Waals surface area contributed by atoms with Gasteiger partial charge in [0.1, 0.15) is 5.82 Å². The number of hydrogen-bond donors (Lipinski definition) is 2. The lowest BCUT2D eigenvalue weighted by molar-refractivity contribution is -0.143. The molecule has 1 saturated carbocycles. The predicted octanol–water partition coefficient (Wildman–Crippen LogP) is 3.21. The number of benzene rings is 1. The molecule has 0 spiro atoms. The van der Waals surface area contributed by atoms with Crippen molar-refractivity contribution in [1.82, 2.24) is 5.32 Å². The summed E-state index contributed by atoms with van der Waals surface area (Å²) in [7, 11) is 0. The van der Waals surface area contributed by atoms with Crippen LogP contribution in [-0.4, -0.2) is 23.5 Å². The second kappa shape index (κ2) is 7.02. The molecule has 1 aromatic carbocycles. The molecule has 1 amide bonds. The average Bonchev–Trinajstić information content (AvgIpc) is 2.48. The van der Waals surface area contributed by atoms with E-state index in [1.807, 2.05) is 0 Å². The fraction of sp³-hybridized carbons (Fsp3) is 0.467. The first-order valence-electron chi connectivity index (χ1n) is 6.94. The molecule has 1 aliphatic rings. The van der Waals surface area contributed by atoms with Crippen molar-refractivity contribution in [2.75, 3.05) is 6.54 Å². The first kappa shape index (κ1) is 15.9. The molecule has 0 aromatic heterocycles. The number of carbonyl (C=O) groups is 2. The summed E-state index contributed by atoms with van der Waals surface area (Å²) in [6.45, 7) is 0.494. The van der Waals surface area contributed by atoms with Gasteiger partial charge in [-0.15, -0.1) is 0 Å². The maximum absolute atomic E-state index is 13.4. The lowest BCUT2D eigenvalue weighted by atomic mass is 9.82. The number of carboxylic acid groups (broad SMARTS) is 1. The standard InChI is InChI=1S/C15H17BrFNO3/c16-13-11(2-1-3-12(13)17)14(19)18-8-9-4-6-10(7-5-9)15(20)21/h1-3,9-10H,4-8H2,(H,18,19)(H,20,21). The van der Waals surface area contributed by atoms with Crippen LogP contribution in [0.1, 0.15) is 36.0 Å². The zero-order chi connectivity index (χ0) is 15.4. The molecule has 6 heteroatoms. The van der Waals surface area contributed by atoms with Crippen molar-refractivity contribution in [1.29, 1.82) is 0 Å². The van der Waals surface area contributed by atoms with Gasteiger partial charge in [-0.3, -0.25) is 9.59 Å². The van der Waals surface area contributed by atoms with E-state index in [1.165, 1.54) is 12.1 Å². The Balaban J connectivity index is 1.85. The molecule has 0 unspecified atom stereocenters. The van der Waals surface area contributed by atoms with Gasteiger partial charge in [-0.1, -0.05) is 6.07 Å². The van der Waals surface area contributed by atoms with Gasteiger partial charge >= 0.3 is 5.97 Å². The smallest absolute Gasteiger partial charge is 0.306 e. The van der Waals surface area contributed by atoms with Crippen molar-refractivity contribution in [3.8, 4) is 0 Å². The van der Waals surface area contributed by atoms with Crippen molar-refractivity contribution in [3.05, 3.63) is 34.1 Å². The Bertz CT molecular complexity index is 542. The van der Waals surface area contributed by atoms with Gasteiger partial charge in [-0.2, -0.15) is 0 Å². The Labute approximate surface area is 130 Å². The van der Waals surface area contributed by atoms with Crippen molar-refractivity contribution in [2.45, 2.75) is 25.7 Å². The van der Waals surface area contributed by atoms with Crippen LogP contribution in [0.4, 0.5) is 4.39 Å². The summed E-state index contributed by atoms with van der Waals surface area (Å²) in [5.41, 5.74) is 0.272. The lowest BCUT2D eigenvalue weighted by Crippen LogP contribution is -2.32. The number of amides is 1. The number of nitrogens with one attached hydrogen (secondary N) is 1. The number of aliphatic carboxylic acids is 1.